The van der Waals surface area contributed by atoms with Gasteiger partial charge in [0.05, 0.1) is 17.2 Å². The Bertz CT molecular complexity index is 645. The maximum Gasteiger partial charge on any atom is 0.353 e. The molecule has 3 N–H and O–H groups in total. The maximum atomic E-state index is 12.1. The zero-order valence-electron chi connectivity index (χ0n) is 10.4. The van der Waals surface area contributed by atoms with Crippen molar-refractivity contribution in [1.29, 1.82) is 0 Å². The van der Waals surface area contributed by atoms with Crippen LogP contribution in [0, 0.1) is 0 Å². The van der Waals surface area contributed by atoms with Gasteiger partial charge in [0.2, 0.25) is 0 Å². The summed E-state index contributed by atoms with van der Waals surface area (Å²) in [6.45, 7) is 0. The van der Waals surface area contributed by atoms with Crippen LogP contribution >= 0.6 is 11.3 Å². The molecule has 1 fully saturated rings. The molecule has 3 rings (SSSR count). The number of amides is 1. The standard InChI is InChI=1S/C12H12N4O3S/c17-9(8-5-20-6-14-8)16-12(2-1-3-12)11-13-4-7(15-11)10(18)19/h4-6H,1-3H2,(H,13,15)(H,16,17)(H,18,19). The zero-order valence-corrected chi connectivity index (χ0v) is 11.2. The second kappa shape index (κ2) is 4.71. The van der Waals surface area contributed by atoms with Crippen molar-refractivity contribution >= 4 is 23.2 Å². The highest BCUT2D eigenvalue weighted by atomic mass is 32.1. The Kier molecular flexibility index (Phi) is 3.01. The summed E-state index contributed by atoms with van der Waals surface area (Å²) in [6, 6.07) is 0. The monoisotopic (exact) mass is 292 g/mol. The van der Waals surface area contributed by atoms with Gasteiger partial charge in [-0.15, -0.1) is 11.3 Å². The van der Waals surface area contributed by atoms with Crippen LogP contribution in [0.4, 0.5) is 0 Å². The summed E-state index contributed by atoms with van der Waals surface area (Å²) in [5.74, 6) is -0.840. The zero-order chi connectivity index (χ0) is 14.2. The average Bonchev–Trinajstić information content (AvgIpc) is 3.03. The van der Waals surface area contributed by atoms with Crippen LogP contribution in [0.1, 0.15) is 46.1 Å². The van der Waals surface area contributed by atoms with Crippen LogP contribution < -0.4 is 5.32 Å². The number of imidazole rings is 1. The molecule has 0 aliphatic heterocycles. The fourth-order valence-corrected chi connectivity index (χ4v) is 2.76. The van der Waals surface area contributed by atoms with Crippen molar-refractivity contribution in [3.05, 3.63) is 34.3 Å². The molecule has 2 aromatic rings. The molecule has 0 atom stereocenters. The van der Waals surface area contributed by atoms with E-state index in [-0.39, 0.29) is 11.6 Å². The van der Waals surface area contributed by atoms with E-state index in [2.05, 4.69) is 20.3 Å². The van der Waals surface area contributed by atoms with Gasteiger partial charge in [0.15, 0.2) is 0 Å². The molecule has 0 saturated heterocycles. The molecule has 1 aliphatic carbocycles. The lowest BCUT2D eigenvalue weighted by molar-refractivity contribution is 0.0690. The Morgan fingerprint density at radius 1 is 1.40 bits per heavy atom. The predicted octanol–water partition coefficient (Wildman–Crippen LogP) is 1.37. The molecular weight excluding hydrogens is 280 g/mol. The van der Waals surface area contributed by atoms with Gasteiger partial charge in [0.25, 0.3) is 5.91 Å². The number of carboxylic acid groups (broad SMARTS) is 1. The predicted molar refractivity (Wildman–Crippen MR) is 70.7 cm³/mol. The summed E-state index contributed by atoms with van der Waals surface area (Å²) in [4.78, 5) is 33.8. The number of carbonyl (C=O) groups is 2. The molecule has 1 amide bonds. The molecule has 20 heavy (non-hydrogen) atoms. The summed E-state index contributed by atoms with van der Waals surface area (Å²) in [5, 5.41) is 13.5. The maximum absolute atomic E-state index is 12.1. The normalized spacial score (nSPS) is 16.4. The van der Waals surface area contributed by atoms with Gasteiger partial charge in [-0.3, -0.25) is 4.79 Å². The number of aromatic amines is 1. The van der Waals surface area contributed by atoms with Gasteiger partial charge < -0.3 is 15.4 Å². The molecule has 2 heterocycles. The van der Waals surface area contributed by atoms with Crippen LogP contribution in [0.3, 0.4) is 0 Å². The van der Waals surface area contributed by atoms with E-state index < -0.39 is 11.5 Å². The summed E-state index contributed by atoms with van der Waals surface area (Å²) < 4.78 is 0. The Morgan fingerprint density at radius 2 is 2.20 bits per heavy atom. The number of carbonyl (C=O) groups excluding carboxylic acids is 1. The molecule has 0 unspecified atom stereocenters. The molecule has 0 bridgehead atoms. The minimum Gasteiger partial charge on any atom is -0.477 e. The number of rotatable bonds is 4. The number of hydrogen-bond acceptors (Lipinski definition) is 5. The molecule has 0 radical (unpaired) electrons. The van der Waals surface area contributed by atoms with Crippen molar-refractivity contribution < 1.29 is 14.7 Å². The van der Waals surface area contributed by atoms with Crippen LogP contribution in [0.25, 0.3) is 0 Å². The number of nitrogens with zero attached hydrogens (tertiary/aromatic N) is 2. The highest BCUT2D eigenvalue weighted by molar-refractivity contribution is 7.07. The van der Waals surface area contributed by atoms with E-state index in [1.54, 1.807) is 10.9 Å². The van der Waals surface area contributed by atoms with Crippen LogP contribution in [0.15, 0.2) is 17.1 Å². The topological polar surface area (TPSA) is 108 Å². The van der Waals surface area contributed by atoms with E-state index >= 15 is 0 Å². The lowest BCUT2D eigenvalue weighted by Gasteiger charge is -2.40. The van der Waals surface area contributed by atoms with Gasteiger partial charge >= 0.3 is 5.97 Å². The minimum absolute atomic E-state index is 0.0224. The highest BCUT2D eigenvalue weighted by Gasteiger charge is 2.43. The van der Waals surface area contributed by atoms with Crippen LogP contribution in [0.2, 0.25) is 0 Å². The van der Waals surface area contributed by atoms with E-state index in [1.807, 2.05) is 0 Å². The molecule has 0 spiro atoms. The van der Waals surface area contributed by atoms with E-state index in [1.165, 1.54) is 17.5 Å². The lowest BCUT2D eigenvalue weighted by Crippen LogP contribution is -2.51. The number of aromatic nitrogens is 3. The summed E-state index contributed by atoms with van der Waals surface area (Å²) in [5.41, 5.74) is 1.38. The quantitative estimate of drug-likeness (QED) is 0.788. The number of aromatic carboxylic acids is 1. The molecule has 1 aliphatic rings. The lowest BCUT2D eigenvalue weighted by atomic mass is 9.76. The average molecular weight is 292 g/mol. The first kappa shape index (κ1) is 12.8. The van der Waals surface area contributed by atoms with E-state index in [4.69, 9.17) is 5.11 Å². The second-order valence-corrected chi connectivity index (χ2v) is 5.43. The number of thiazole rings is 1. The van der Waals surface area contributed by atoms with Gasteiger partial charge in [-0.1, -0.05) is 0 Å². The first-order valence-corrected chi connectivity index (χ1v) is 7.04. The Morgan fingerprint density at radius 3 is 2.70 bits per heavy atom. The summed E-state index contributed by atoms with van der Waals surface area (Å²) in [7, 11) is 0. The smallest absolute Gasteiger partial charge is 0.353 e. The van der Waals surface area contributed by atoms with E-state index in [0.29, 0.717) is 11.5 Å². The van der Waals surface area contributed by atoms with Gasteiger partial charge in [0, 0.05) is 5.38 Å². The third-order valence-electron chi connectivity index (χ3n) is 3.48. The van der Waals surface area contributed by atoms with Crippen LogP contribution in [-0.4, -0.2) is 31.9 Å². The van der Waals surface area contributed by atoms with Gasteiger partial charge in [0.1, 0.15) is 17.2 Å². The minimum atomic E-state index is -1.07. The van der Waals surface area contributed by atoms with E-state index in [0.717, 1.165) is 19.3 Å². The van der Waals surface area contributed by atoms with Crippen LogP contribution in [-0.2, 0) is 5.54 Å². The Labute approximate surface area is 118 Å². The first-order chi connectivity index (χ1) is 9.61. The number of carboxylic acids is 1. The third-order valence-corrected chi connectivity index (χ3v) is 4.07. The fourth-order valence-electron chi connectivity index (χ4n) is 2.23. The van der Waals surface area contributed by atoms with Gasteiger partial charge in [-0.2, -0.15) is 0 Å². The molecule has 8 heteroatoms. The van der Waals surface area contributed by atoms with Crippen molar-refractivity contribution in [2.45, 2.75) is 24.8 Å². The van der Waals surface area contributed by atoms with Crippen molar-refractivity contribution in [3.63, 3.8) is 0 Å². The third kappa shape index (κ3) is 2.07. The second-order valence-electron chi connectivity index (χ2n) is 4.71. The van der Waals surface area contributed by atoms with Crippen molar-refractivity contribution in [2.24, 2.45) is 0 Å². The summed E-state index contributed by atoms with van der Waals surface area (Å²) in [6.07, 6.45) is 3.69. The molecule has 0 aromatic carbocycles. The first-order valence-electron chi connectivity index (χ1n) is 6.10. The molecule has 2 aromatic heterocycles. The number of hydrogen-bond donors (Lipinski definition) is 3. The number of nitrogens with one attached hydrogen (secondary N) is 2. The number of H-pyrrole nitrogens is 1. The van der Waals surface area contributed by atoms with Crippen LogP contribution in [0.5, 0.6) is 0 Å². The molecule has 7 nitrogen and oxygen atoms in total. The molecular formula is C12H12N4O3S. The largest absolute Gasteiger partial charge is 0.477 e. The summed E-state index contributed by atoms with van der Waals surface area (Å²) >= 11 is 1.35. The SMILES string of the molecule is O=C(NC1(c2ncc(C(=O)O)[nH]2)CCC1)c1cscn1. The van der Waals surface area contributed by atoms with Gasteiger partial charge in [-0.25, -0.2) is 14.8 Å². The Hall–Kier alpha value is -2.22. The van der Waals surface area contributed by atoms with Gasteiger partial charge in [-0.05, 0) is 19.3 Å². The molecule has 104 valence electrons. The van der Waals surface area contributed by atoms with E-state index in [9.17, 15) is 9.59 Å². The van der Waals surface area contributed by atoms with Crippen molar-refractivity contribution in [2.75, 3.05) is 0 Å². The van der Waals surface area contributed by atoms with Crippen molar-refractivity contribution in [1.82, 2.24) is 20.3 Å². The molecule has 1 saturated carbocycles. The fraction of sp³-hybridized carbons (Fsp3) is 0.333. The van der Waals surface area contributed by atoms with Crippen molar-refractivity contribution in [3.8, 4) is 0 Å². The highest BCUT2D eigenvalue weighted by Crippen LogP contribution is 2.40. The Balaban J connectivity index is 1.83.